The second-order valence-electron chi connectivity index (χ2n) is 7.18. The van der Waals surface area contributed by atoms with E-state index in [0.29, 0.717) is 12.2 Å². The summed E-state index contributed by atoms with van der Waals surface area (Å²) >= 11 is 0. The monoisotopic (exact) mass is 413 g/mol. The third kappa shape index (κ3) is 3.53. The Morgan fingerprint density at radius 1 is 0.800 bits per heavy atom. The number of nitrogens with zero attached hydrogens (tertiary/aromatic N) is 2. The predicted octanol–water partition coefficient (Wildman–Crippen LogP) is 5.04. The Kier molecular flexibility index (Phi) is 4.48. The van der Waals surface area contributed by atoms with Crippen molar-refractivity contribution in [3.63, 3.8) is 0 Å². The Bertz CT molecular complexity index is 1470. The zero-order valence-electron chi connectivity index (χ0n) is 16.1. The van der Waals surface area contributed by atoms with Gasteiger partial charge in [0.05, 0.1) is 23.3 Å². The topological polar surface area (TPSA) is 64.0 Å². The molecule has 5 nitrogen and oxygen atoms in total. The van der Waals surface area contributed by atoms with Crippen LogP contribution in [0.3, 0.4) is 0 Å². The quantitative estimate of drug-likeness (QED) is 0.439. The smallest absolute Gasteiger partial charge is 0.262 e. The molecule has 0 amide bonds. The summed E-state index contributed by atoms with van der Waals surface area (Å²) in [5.41, 5.74) is 1.56. The molecule has 0 saturated carbocycles. The van der Waals surface area contributed by atoms with Crippen LogP contribution < -0.4 is 4.72 Å². The van der Waals surface area contributed by atoms with Crippen LogP contribution in [-0.4, -0.2) is 18.2 Å². The summed E-state index contributed by atoms with van der Waals surface area (Å²) in [6.45, 7) is 0.555. The minimum Gasteiger partial charge on any atom is -0.276 e. The van der Waals surface area contributed by atoms with Crippen molar-refractivity contribution in [2.45, 2.75) is 11.4 Å². The zero-order chi connectivity index (χ0) is 20.6. The molecule has 0 atom stereocenters. The Balaban J connectivity index is 1.39. The van der Waals surface area contributed by atoms with E-state index in [1.165, 1.54) is 11.6 Å². The highest BCUT2D eigenvalue weighted by atomic mass is 32.2. The molecule has 6 heteroatoms. The molecule has 30 heavy (non-hydrogen) atoms. The third-order valence-electron chi connectivity index (χ3n) is 5.13. The number of nitrogens with one attached hydrogen (secondary N) is 1. The second-order valence-corrected chi connectivity index (χ2v) is 8.86. The summed E-state index contributed by atoms with van der Waals surface area (Å²) in [6, 6.07) is 27.1. The molecule has 0 spiro atoms. The van der Waals surface area contributed by atoms with Gasteiger partial charge in [-0.05, 0) is 39.2 Å². The van der Waals surface area contributed by atoms with Gasteiger partial charge in [0.2, 0.25) is 0 Å². The molecular weight excluding hydrogens is 394 g/mol. The maximum atomic E-state index is 12.8. The maximum Gasteiger partial charge on any atom is 0.262 e. The van der Waals surface area contributed by atoms with Crippen LogP contribution in [-0.2, 0) is 16.6 Å². The molecule has 0 unspecified atom stereocenters. The van der Waals surface area contributed by atoms with E-state index in [9.17, 15) is 8.42 Å². The normalized spacial score (nSPS) is 11.7. The molecule has 1 aromatic heterocycles. The summed E-state index contributed by atoms with van der Waals surface area (Å²) in [5.74, 6) is 0. The van der Waals surface area contributed by atoms with Crippen molar-refractivity contribution in [3.05, 3.63) is 103 Å². The molecule has 1 N–H and O–H groups in total. The number of aromatic nitrogens is 2. The van der Waals surface area contributed by atoms with Gasteiger partial charge in [-0.15, -0.1) is 0 Å². The standard InChI is InChI=1S/C24H19N3O2S/c28-30(29,23-13-12-18-6-1-2-8-20(18)14-23)26-22-15-25-27(17-22)16-21-10-5-9-19-7-3-4-11-24(19)21/h1-15,17,26H,16H2. The molecule has 0 saturated heterocycles. The minimum absolute atomic E-state index is 0.225. The molecular formula is C24H19N3O2S. The van der Waals surface area contributed by atoms with Gasteiger partial charge in [-0.25, -0.2) is 8.42 Å². The number of rotatable bonds is 5. The van der Waals surface area contributed by atoms with Crippen molar-refractivity contribution in [1.82, 2.24) is 9.78 Å². The number of sulfonamides is 1. The van der Waals surface area contributed by atoms with Gasteiger partial charge in [0.1, 0.15) is 0 Å². The number of hydrogen-bond donors (Lipinski definition) is 1. The molecule has 0 aliphatic heterocycles. The Morgan fingerprint density at radius 2 is 1.53 bits per heavy atom. The Morgan fingerprint density at radius 3 is 2.40 bits per heavy atom. The van der Waals surface area contributed by atoms with Crippen LogP contribution in [0.5, 0.6) is 0 Å². The molecule has 4 aromatic carbocycles. The van der Waals surface area contributed by atoms with Crippen molar-refractivity contribution < 1.29 is 8.42 Å². The van der Waals surface area contributed by atoms with E-state index < -0.39 is 10.0 Å². The molecule has 0 radical (unpaired) electrons. The highest BCUT2D eigenvalue weighted by Crippen LogP contribution is 2.22. The molecule has 5 aromatic rings. The summed E-state index contributed by atoms with van der Waals surface area (Å²) in [7, 11) is -3.70. The highest BCUT2D eigenvalue weighted by Gasteiger charge is 2.16. The average Bonchev–Trinajstić information content (AvgIpc) is 3.19. The van der Waals surface area contributed by atoms with E-state index in [2.05, 4.69) is 34.1 Å². The number of hydrogen-bond acceptors (Lipinski definition) is 3. The van der Waals surface area contributed by atoms with Crippen molar-refractivity contribution in [2.75, 3.05) is 4.72 Å². The van der Waals surface area contributed by atoms with E-state index in [0.717, 1.165) is 21.7 Å². The SMILES string of the molecule is O=S(=O)(Nc1cnn(Cc2cccc3ccccc23)c1)c1ccc2ccccc2c1. The van der Waals surface area contributed by atoms with Gasteiger partial charge in [-0.1, -0.05) is 72.8 Å². The lowest BCUT2D eigenvalue weighted by Crippen LogP contribution is -2.12. The first kappa shape index (κ1) is 18.4. The van der Waals surface area contributed by atoms with Crippen molar-refractivity contribution in [1.29, 1.82) is 0 Å². The lowest BCUT2D eigenvalue weighted by atomic mass is 10.0. The van der Waals surface area contributed by atoms with E-state index >= 15 is 0 Å². The van der Waals surface area contributed by atoms with E-state index in [1.54, 1.807) is 23.0 Å². The van der Waals surface area contributed by atoms with Crippen LogP contribution in [0.1, 0.15) is 5.56 Å². The van der Waals surface area contributed by atoms with E-state index in [4.69, 9.17) is 0 Å². The van der Waals surface area contributed by atoms with Crippen LogP contribution >= 0.6 is 0 Å². The zero-order valence-corrected chi connectivity index (χ0v) is 16.9. The van der Waals surface area contributed by atoms with Gasteiger partial charge < -0.3 is 0 Å². The van der Waals surface area contributed by atoms with E-state index in [1.807, 2.05) is 48.5 Å². The number of anilines is 1. The lowest BCUT2D eigenvalue weighted by molar-refractivity contribution is 0.601. The molecule has 0 bridgehead atoms. The average molecular weight is 414 g/mol. The number of benzene rings is 4. The van der Waals surface area contributed by atoms with Crippen molar-refractivity contribution in [2.24, 2.45) is 0 Å². The van der Waals surface area contributed by atoms with Crippen LogP contribution in [0.25, 0.3) is 21.5 Å². The van der Waals surface area contributed by atoms with Gasteiger partial charge in [-0.3, -0.25) is 9.40 Å². The molecule has 5 rings (SSSR count). The van der Waals surface area contributed by atoms with Crippen LogP contribution in [0.4, 0.5) is 5.69 Å². The molecule has 1 heterocycles. The summed E-state index contributed by atoms with van der Waals surface area (Å²) in [6.07, 6.45) is 3.24. The molecule has 0 fully saturated rings. The summed E-state index contributed by atoms with van der Waals surface area (Å²) < 4.78 is 30.0. The fraction of sp³-hybridized carbons (Fsp3) is 0.0417. The summed E-state index contributed by atoms with van der Waals surface area (Å²) in [4.78, 5) is 0.225. The molecule has 0 aliphatic rings. The van der Waals surface area contributed by atoms with Crippen molar-refractivity contribution in [3.8, 4) is 0 Å². The lowest BCUT2D eigenvalue weighted by Gasteiger charge is -2.08. The van der Waals surface area contributed by atoms with Gasteiger partial charge in [0.25, 0.3) is 10.0 Å². The summed E-state index contributed by atoms with van der Waals surface area (Å²) in [5, 5.41) is 8.54. The van der Waals surface area contributed by atoms with Gasteiger partial charge in [-0.2, -0.15) is 5.10 Å². The maximum absolute atomic E-state index is 12.8. The molecule has 0 aliphatic carbocycles. The van der Waals surface area contributed by atoms with Crippen LogP contribution in [0.15, 0.2) is 102 Å². The fourth-order valence-corrected chi connectivity index (χ4v) is 4.72. The van der Waals surface area contributed by atoms with Crippen LogP contribution in [0.2, 0.25) is 0 Å². The first-order valence-corrected chi connectivity index (χ1v) is 11.1. The van der Waals surface area contributed by atoms with E-state index in [-0.39, 0.29) is 4.90 Å². The second kappa shape index (κ2) is 7.31. The predicted molar refractivity (Wildman–Crippen MR) is 120 cm³/mol. The number of fused-ring (bicyclic) bond motifs is 2. The van der Waals surface area contributed by atoms with Crippen molar-refractivity contribution >= 4 is 37.3 Å². The first-order valence-electron chi connectivity index (χ1n) is 9.59. The first-order chi connectivity index (χ1) is 14.6. The Hall–Kier alpha value is -3.64. The van der Waals surface area contributed by atoms with Gasteiger partial charge in [0, 0.05) is 6.20 Å². The minimum atomic E-state index is -3.70. The fourth-order valence-electron chi connectivity index (χ4n) is 3.66. The largest absolute Gasteiger partial charge is 0.276 e. The van der Waals surface area contributed by atoms with Gasteiger partial charge in [0.15, 0.2) is 0 Å². The Labute approximate surface area is 174 Å². The van der Waals surface area contributed by atoms with Gasteiger partial charge >= 0.3 is 0 Å². The van der Waals surface area contributed by atoms with Crippen LogP contribution in [0, 0.1) is 0 Å². The highest BCUT2D eigenvalue weighted by molar-refractivity contribution is 7.92. The molecule has 148 valence electrons. The third-order valence-corrected chi connectivity index (χ3v) is 6.51.